The van der Waals surface area contributed by atoms with Gasteiger partial charge in [0.25, 0.3) is 0 Å². The average Bonchev–Trinajstić information content (AvgIpc) is 2.45. The summed E-state index contributed by atoms with van der Waals surface area (Å²) in [6.45, 7) is 0. The summed E-state index contributed by atoms with van der Waals surface area (Å²) in [6, 6.07) is 0. The average molecular weight is 229 g/mol. The molecule has 2 N–H and O–H groups in total. The van der Waals surface area contributed by atoms with Crippen molar-refractivity contribution in [2.75, 3.05) is 5.75 Å². The molecule has 0 aromatic heterocycles. The van der Waals surface area contributed by atoms with Crippen molar-refractivity contribution in [1.82, 2.24) is 0 Å². The number of thioether (sulfide) groups is 1. The number of nitrogens with zero attached hydrogens (tertiary/aromatic N) is 1. The van der Waals surface area contributed by atoms with E-state index in [-0.39, 0.29) is 0 Å². The molecule has 2 unspecified atom stereocenters. The molecule has 1 aliphatic rings. The first-order valence-corrected chi connectivity index (χ1v) is 4.55. The Morgan fingerprint density at radius 3 is 2.50 bits per heavy atom. The van der Waals surface area contributed by atoms with Crippen LogP contribution in [0.5, 0.6) is 0 Å². The number of halogens is 3. The van der Waals surface area contributed by atoms with Crippen LogP contribution in [-0.4, -0.2) is 39.2 Å². The third kappa shape index (κ3) is 1.94. The molecule has 0 bridgehead atoms. The molecule has 1 saturated heterocycles. The molecule has 8 heteroatoms. The molecule has 80 valence electrons. The van der Waals surface area contributed by atoms with Gasteiger partial charge in [0.2, 0.25) is 0 Å². The van der Waals surface area contributed by atoms with Gasteiger partial charge < -0.3 is 10.3 Å². The molecule has 0 saturated carbocycles. The molecule has 1 fully saturated rings. The molecule has 1 heterocycles. The first-order chi connectivity index (χ1) is 6.38. The minimum Gasteiger partial charge on any atom is -0.480 e. The number of carboxylic acids is 1. The summed E-state index contributed by atoms with van der Waals surface area (Å²) in [5.74, 6) is -3.80. The van der Waals surface area contributed by atoms with E-state index in [0.29, 0.717) is 11.8 Å². The number of hydrogen-bond acceptors (Lipinski definition) is 4. The van der Waals surface area contributed by atoms with Gasteiger partial charge in [-0.3, -0.25) is 4.79 Å². The second-order valence-electron chi connectivity index (χ2n) is 2.67. The minimum atomic E-state index is -4.56. The van der Waals surface area contributed by atoms with Gasteiger partial charge in [0.05, 0.1) is 5.71 Å². The Hall–Kier alpha value is -0.920. The number of carbonyl (C=O) groups is 1. The van der Waals surface area contributed by atoms with Gasteiger partial charge in [-0.2, -0.15) is 13.2 Å². The van der Waals surface area contributed by atoms with E-state index >= 15 is 0 Å². The Bertz CT molecular complexity index is 278. The number of aliphatic carboxylic acids is 1. The molecular formula is C6H6F3NO3S. The van der Waals surface area contributed by atoms with Gasteiger partial charge in [0, 0.05) is 5.75 Å². The zero-order chi connectivity index (χ0) is 10.9. The lowest BCUT2D eigenvalue weighted by molar-refractivity contribution is -0.149. The summed E-state index contributed by atoms with van der Waals surface area (Å²) in [7, 11) is 0. The Morgan fingerprint density at radius 1 is 1.57 bits per heavy atom. The first kappa shape index (κ1) is 11.2. The molecule has 0 spiro atoms. The van der Waals surface area contributed by atoms with Crippen LogP contribution in [0.2, 0.25) is 0 Å². The molecule has 0 aromatic rings. The number of oxime groups is 1. The summed E-state index contributed by atoms with van der Waals surface area (Å²) in [5.41, 5.74) is -0.727. The van der Waals surface area contributed by atoms with Crippen LogP contribution in [-0.2, 0) is 4.79 Å². The highest BCUT2D eigenvalue weighted by atomic mass is 32.2. The van der Waals surface area contributed by atoms with Crippen LogP contribution in [0.1, 0.15) is 0 Å². The molecule has 1 rings (SSSR count). The molecule has 0 radical (unpaired) electrons. The summed E-state index contributed by atoms with van der Waals surface area (Å²) < 4.78 is 36.7. The van der Waals surface area contributed by atoms with Gasteiger partial charge in [0.15, 0.2) is 0 Å². The van der Waals surface area contributed by atoms with Gasteiger partial charge in [-0.15, -0.1) is 11.8 Å². The van der Waals surface area contributed by atoms with Crippen molar-refractivity contribution >= 4 is 23.4 Å². The largest absolute Gasteiger partial charge is 0.480 e. The first-order valence-electron chi connectivity index (χ1n) is 3.51. The normalized spacial score (nSPS) is 30.9. The van der Waals surface area contributed by atoms with Crippen LogP contribution >= 0.6 is 11.8 Å². The second kappa shape index (κ2) is 3.68. The van der Waals surface area contributed by atoms with Gasteiger partial charge in [-0.05, 0) is 0 Å². The summed E-state index contributed by atoms with van der Waals surface area (Å²) in [4.78, 5) is 10.5. The van der Waals surface area contributed by atoms with E-state index in [4.69, 9.17) is 10.3 Å². The number of alkyl halides is 3. The molecule has 0 aliphatic carbocycles. The van der Waals surface area contributed by atoms with E-state index in [0.717, 1.165) is 0 Å². The zero-order valence-corrected chi connectivity index (χ0v) is 7.47. The fourth-order valence-electron chi connectivity index (χ4n) is 1.13. The summed E-state index contributed by atoms with van der Waals surface area (Å²) >= 11 is 0.608. The van der Waals surface area contributed by atoms with E-state index in [1.54, 1.807) is 0 Å². The van der Waals surface area contributed by atoms with Gasteiger partial charge in [0.1, 0.15) is 11.2 Å². The lowest BCUT2D eigenvalue weighted by atomic mass is 10.0. The Morgan fingerprint density at radius 2 is 2.14 bits per heavy atom. The lowest BCUT2D eigenvalue weighted by Crippen LogP contribution is -2.34. The van der Waals surface area contributed by atoms with Crippen LogP contribution in [0.25, 0.3) is 0 Å². The third-order valence-electron chi connectivity index (χ3n) is 1.79. The monoisotopic (exact) mass is 229 g/mol. The van der Waals surface area contributed by atoms with Crippen molar-refractivity contribution in [3.8, 4) is 0 Å². The number of hydrogen-bond donors (Lipinski definition) is 2. The van der Waals surface area contributed by atoms with Crippen LogP contribution < -0.4 is 0 Å². The number of carboxylic acid groups (broad SMARTS) is 1. The zero-order valence-electron chi connectivity index (χ0n) is 6.65. The lowest BCUT2D eigenvalue weighted by Gasteiger charge is -2.13. The van der Waals surface area contributed by atoms with E-state index in [1.165, 1.54) is 0 Å². The summed E-state index contributed by atoms with van der Waals surface area (Å²) in [5, 5.41) is 17.9. The van der Waals surface area contributed by atoms with Crippen LogP contribution in [0.4, 0.5) is 13.2 Å². The minimum absolute atomic E-state index is 0.417. The van der Waals surface area contributed by atoms with Crippen molar-refractivity contribution in [1.29, 1.82) is 0 Å². The molecule has 2 atom stereocenters. The number of rotatable bonds is 1. The van der Waals surface area contributed by atoms with Crippen molar-refractivity contribution in [3.05, 3.63) is 0 Å². The van der Waals surface area contributed by atoms with Crippen molar-refractivity contribution in [2.45, 2.75) is 11.4 Å². The summed E-state index contributed by atoms with van der Waals surface area (Å²) in [6.07, 6.45) is -4.56. The maximum Gasteiger partial charge on any atom is 0.397 e. The molecule has 0 amide bonds. The predicted octanol–water partition coefficient (Wildman–Crippen LogP) is 1.20. The standard InChI is InChI=1S/C6H6F3NO3S/c7-6(8,9)2-1-14-4(5(11)12)3(2)10-13/h2,4,13H,1H2,(H,11,12). The van der Waals surface area contributed by atoms with E-state index < -0.39 is 34.8 Å². The van der Waals surface area contributed by atoms with E-state index in [9.17, 15) is 18.0 Å². The predicted molar refractivity (Wildman–Crippen MR) is 42.6 cm³/mol. The fraction of sp³-hybridized carbons (Fsp3) is 0.667. The van der Waals surface area contributed by atoms with Crippen molar-refractivity contribution in [3.63, 3.8) is 0 Å². The SMILES string of the molecule is O=C(O)C1SCC(C(F)(F)F)C1=NO. The highest BCUT2D eigenvalue weighted by Gasteiger charge is 2.52. The quantitative estimate of drug-likeness (QED) is 0.523. The van der Waals surface area contributed by atoms with Crippen LogP contribution in [0, 0.1) is 5.92 Å². The molecular weight excluding hydrogens is 223 g/mol. The highest BCUT2D eigenvalue weighted by molar-refractivity contribution is 8.01. The topological polar surface area (TPSA) is 69.9 Å². The van der Waals surface area contributed by atoms with Gasteiger partial charge in [-0.25, -0.2) is 0 Å². The maximum absolute atomic E-state index is 12.2. The van der Waals surface area contributed by atoms with Crippen molar-refractivity contribution < 1.29 is 28.3 Å². The van der Waals surface area contributed by atoms with Gasteiger partial charge in [-0.1, -0.05) is 5.16 Å². The second-order valence-corrected chi connectivity index (χ2v) is 3.81. The van der Waals surface area contributed by atoms with Gasteiger partial charge >= 0.3 is 12.1 Å². The van der Waals surface area contributed by atoms with Crippen LogP contribution in [0.3, 0.4) is 0 Å². The Labute approximate surface area is 80.8 Å². The van der Waals surface area contributed by atoms with Crippen LogP contribution in [0.15, 0.2) is 5.16 Å². The third-order valence-corrected chi connectivity index (χ3v) is 3.09. The van der Waals surface area contributed by atoms with E-state index in [1.807, 2.05) is 0 Å². The molecule has 0 aromatic carbocycles. The maximum atomic E-state index is 12.2. The molecule has 4 nitrogen and oxygen atoms in total. The van der Waals surface area contributed by atoms with E-state index in [2.05, 4.69) is 5.16 Å². The molecule has 1 aliphatic heterocycles. The highest BCUT2D eigenvalue weighted by Crippen LogP contribution is 2.39. The smallest absolute Gasteiger partial charge is 0.397 e. The van der Waals surface area contributed by atoms with Crippen molar-refractivity contribution in [2.24, 2.45) is 11.1 Å². The molecule has 14 heavy (non-hydrogen) atoms. The fourth-order valence-corrected chi connectivity index (χ4v) is 2.40. The Kier molecular flexibility index (Phi) is 2.93. The Balaban J connectivity index is 2.91.